The maximum atomic E-state index is 13.4. The number of nitrogens with zero attached hydrogens (tertiary/aromatic N) is 4. The Balaban J connectivity index is 0.00000259. The normalized spacial score (nSPS) is 14.5. The van der Waals surface area contributed by atoms with Crippen LogP contribution in [0.5, 0.6) is 0 Å². The summed E-state index contributed by atoms with van der Waals surface area (Å²) in [7, 11) is 0. The molecule has 1 fully saturated rings. The molecule has 0 aliphatic carbocycles. The number of piperazine rings is 1. The first-order valence-electron chi connectivity index (χ1n) is 10.4. The summed E-state index contributed by atoms with van der Waals surface area (Å²) in [5.41, 5.74) is 3.12. The number of anilines is 1. The number of nitrogens with one attached hydrogen (secondary N) is 1. The van der Waals surface area contributed by atoms with Crippen molar-refractivity contribution in [1.82, 2.24) is 19.9 Å². The third-order valence-electron chi connectivity index (χ3n) is 5.97. The van der Waals surface area contributed by atoms with Gasteiger partial charge in [0.2, 0.25) is 0 Å². The zero-order valence-corrected chi connectivity index (χ0v) is 20.1. The molecule has 1 saturated heterocycles. The molecule has 2 aromatic heterocycles. The summed E-state index contributed by atoms with van der Waals surface area (Å²) >= 11 is 0. The van der Waals surface area contributed by atoms with Crippen molar-refractivity contribution in [3.05, 3.63) is 65.5 Å². The molecule has 33 heavy (non-hydrogen) atoms. The van der Waals surface area contributed by atoms with Crippen molar-refractivity contribution in [2.24, 2.45) is 0 Å². The van der Waals surface area contributed by atoms with Gasteiger partial charge in [-0.1, -0.05) is 12.1 Å². The molecule has 0 unspecified atom stereocenters. The van der Waals surface area contributed by atoms with Gasteiger partial charge in [-0.15, -0.1) is 0 Å². The maximum absolute atomic E-state index is 13.4. The fraction of sp³-hybridized carbons (Fsp3) is 0.261. The molecule has 164 valence electrons. The molecule has 0 radical (unpaired) electrons. The Hall–Kier alpha value is -2.59. The van der Waals surface area contributed by atoms with Gasteiger partial charge in [-0.2, -0.15) is 0 Å². The molecule has 1 N–H and O–H groups in total. The van der Waals surface area contributed by atoms with Crippen molar-refractivity contribution < 1.29 is 48.2 Å². The van der Waals surface area contributed by atoms with E-state index >= 15 is 0 Å². The van der Waals surface area contributed by atoms with Gasteiger partial charge in [0, 0.05) is 43.6 Å². The van der Waals surface area contributed by atoms with Crippen LogP contribution in [0.2, 0.25) is 0 Å². The molecule has 0 amide bonds. The summed E-state index contributed by atoms with van der Waals surface area (Å²) in [4.78, 5) is 27.8. The minimum absolute atomic E-state index is 0. The number of aromatic carboxylic acids is 1. The number of carboxylic acid groups (broad SMARTS) is 1. The Morgan fingerprint density at radius 1 is 1.03 bits per heavy atom. The number of aromatic amines is 1. The molecule has 4 aromatic rings. The molecular weight excluding hydrogens is 439 g/mol. The van der Waals surface area contributed by atoms with Crippen LogP contribution in [0.4, 0.5) is 14.6 Å². The van der Waals surface area contributed by atoms with Gasteiger partial charge in [-0.3, -0.25) is 4.90 Å². The number of H-pyrrole nitrogens is 1. The van der Waals surface area contributed by atoms with E-state index in [1.807, 2.05) is 0 Å². The molecular formula is C23H20F2N5NaO2. The first-order chi connectivity index (χ1) is 15.5. The summed E-state index contributed by atoms with van der Waals surface area (Å²) < 4.78 is 26.5. The Labute approximate surface area is 210 Å². The van der Waals surface area contributed by atoms with Gasteiger partial charge < -0.3 is 19.8 Å². The third kappa shape index (κ3) is 4.72. The van der Waals surface area contributed by atoms with Gasteiger partial charge in [0.05, 0.1) is 5.97 Å². The van der Waals surface area contributed by atoms with E-state index in [2.05, 4.69) is 24.8 Å². The smallest absolute Gasteiger partial charge is 0.545 e. The van der Waals surface area contributed by atoms with Gasteiger partial charge in [-0.25, -0.2) is 18.7 Å². The molecule has 1 aliphatic heterocycles. The second kappa shape index (κ2) is 9.72. The Morgan fingerprint density at radius 2 is 1.82 bits per heavy atom. The fourth-order valence-electron chi connectivity index (χ4n) is 4.21. The van der Waals surface area contributed by atoms with Crippen molar-refractivity contribution >= 4 is 33.7 Å². The molecule has 1 aliphatic rings. The first kappa shape index (κ1) is 23.6. The van der Waals surface area contributed by atoms with Gasteiger partial charge >= 0.3 is 29.6 Å². The number of hydrogen-bond donors (Lipinski definition) is 1. The monoisotopic (exact) mass is 459 g/mol. The van der Waals surface area contributed by atoms with E-state index in [-0.39, 0.29) is 35.1 Å². The standard InChI is InChI=1S/C23H21F2N5O2.Na/c24-17-3-1-14(11-18(17)25)5-6-29-7-9-30(10-8-29)22-21-20(26-13-27-22)16-12-15(23(31)32)2-4-19(16)28-21;/h1-4,11-13,28H,5-10H2,(H,31,32);/q;+1/p-1. The van der Waals surface area contributed by atoms with Gasteiger partial charge in [0.15, 0.2) is 17.5 Å². The van der Waals surface area contributed by atoms with Crippen LogP contribution in [0.25, 0.3) is 21.9 Å². The van der Waals surface area contributed by atoms with E-state index in [1.165, 1.54) is 24.5 Å². The second-order valence-corrected chi connectivity index (χ2v) is 7.92. The van der Waals surface area contributed by atoms with Crippen molar-refractivity contribution in [3.8, 4) is 0 Å². The first-order valence-corrected chi connectivity index (χ1v) is 10.4. The summed E-state index contributed by atoms with van der Waals surface area (Å²) in [5, 5.41) is 11.9. The molecule has 5 rings (SSSR count). The van der Waals surface area contributed by atoms with Gasteiger partial charge in [-0.05, 0) is 41.8 Å². The number of aromatic nitrogens is 3. The average Bonchev–Trinajstić information content (AvgIpc) is 3.18. The minimum Gasteiger partial charge on any atom is -0.545 e. The number of rotatable bonds is 5. The van der Waals surface area contributed by atoms with E-state index in [1.54, 1.807) is 18.2 Å². The van der Waals surface area contributed by atoms with E-state index in [9.17, 15) is 18.7 Å². The molecule has 7 nitrogen and oxygen atoms in total. The van der Waals surface area contributed by atoms with Crippen LogP contribution < -0.4 is 39.6 Å². The van der Waals surface area contributed by atoms with Crippen molar-refractivity contribution in [1.29, 1.82) is 0 Å². The quantitative estimate of drug-likeness (QED) is 0.390. The third-order valence-corrected chi connectivity index (χ3v) is 5.97. The van der Waals surface area contributed by atoms with Crippen LogP contribution in [0.15, 0.2) is 42.7 Å². The summed E-state index contributed by atoms with van der Waals surface area (Å²) in [6, 6.07) is 8.82. The summed E-state index contributed by atoms with van der Waals surface area (Å²) in [5.74, 6) is -2.09. The Morgan fingerprint density at radius 3 is 2.55 bits per heavy atom. The molecule has 0 saturated carbocycles. The largest absolute Gasteiger partial charge is 1.00 e. The SMILES string of the molecule is O=C([O-])c1ccc2[nH]c3c(N4CCN(CCc5ccc(F)c(F)c5)CC4)ncnc3c2c1.[Na+]. The summed E-state index contributed by atoms with van der Waals surface area (Å²) in [6.45, 7) is 3.89. The zero-order valence-electron chi connectivity index (χ0n) is 18.1. The molecule has 3 heterocycles. The number of halogens is 2. The Bertz CT molecular complexity index is 1320. The van der Waals surface area contributed by atoms with Crippen LogP contribution in [0, 0.1) is 11.6 Å². The van der Waals surface area contributed by atoms with Crippen LogP contribution in [0.1, 0.15) is 15.9 Å². The van der Waals surface area contributed by atoms with Crippen molar-refractivity contribution in [3.63, 3.8) is 0 Å². The molecule has 10 heteroatoms. The van der Waals surface area contributed by atoms with Crippen LogP contribution in [0.3, 0.4) is 0 Å². The average molecular weight is 459 g/mol. The zero-order chi connectivity index (χ0) is 22.2. The van der Waals surface area contributed by atoms with Crippen molar-refractivity contribution in [2.75, 3.05) is 37.6 Å². The fourth-order valence-corrected chi connectivity index (χ4v) is 4.21. The predicted molar refractivity (Wildman–Crippen MR) is 114 cm³/mol. The molecule has 0 atom stereocenters. The van der Waals surface area contributed by atoms with E-state index in [0.29, 0.717) is 11.9 Å². The number of carbonyl (C=O) groups excluding carboxylic acids is 1. The number of hydrogen-bond acceptors (Lipinski definition) is 6. The number of carbonyl (C=O) groups is 1. The van der Waals surface area contributed by atoms with Crippen LogP contribution >= 0.6 is 0 Å². The molecule has 0 spiro atoms. The van der Waals surface area contributed by atoms with Gasteiger partial charge in [0.1, 0.15) is 17.4 Å². The number of benzene rings is 2. The Kier molecular flexibility index (Phi) is 6.94. The van der Waals surface area contributed by atoms with E-state index in [0.717, 1.165) is 60.5 Å². The second-order valence-electron chi connectivity index (χ2n) is 7.92. The molecule has 0 bridgehead atoms. The number of fused-ring (bicyclic) bond motifs is 3. The molecule has 2 aromatic carbocycles. The van der Waals surface area contributed by atoms with Crippen LogP contribution in [-0.2, 0) is 6.42 Å². The predicted octanol–water partition coefficient (Wildman–Crippen LogP) is -0.878. The number of carboxylic acids is 1. The topological polar surface area (TPSA) is 88.2 Å². The van der Waals surface area contributed by atoms with Crippen molar-refractivity contribution in [2.45, 2.75) is 6.42 Å². The van der Waals surface area contributed by atoms with E-state index < -0.39 is 17.6 Å². The van der Waals surface area contributed by atoms with E-state index in [4.69, 9.17) is 0 Å². The maximum Gasteiger partial charge on any atom is 1.00 e. The minimum atomic E-state index is -1.23. The summed E-state index contributed by atoms with van der Waals surface area (Å²) in [6.07, 6.45) is 2.14. The van der Waals surface area contributed by atoms with Crippen LogP contribution in [-0.4, -0.2) is 58.5 Å². The van der Waals surface area contributed by atoms with Gasteiger partial charge in [0.25, 0.3) is 0 Å².